The molecule has 1 fully saturated rings. The van der Waals surface area contributed by atoms with Gasteiger partial charge in [-0.3, -0.25) is 0 Å². The number of piperidine rings is 1. The molecular formula is C15H20N4O. The number of aryl methyl sites for hydroxylation is 1. The van der Waals surface area contributed by atoms with E-state index < -0.39 is 0 Å². The number of hydrogen-bond acceptors (Lipinski definition) is 5. The fourth-order valence-electron chi connectivity index (χ4n) is 2.62. The molecule has 3 rings (SSSR count). The van der Waals surface area contributed by atoms with Crippen molar-refractivity contribution in [3.8, 4) is 0 Å². The predicted octanol–water partition coefficient (Wildman–Crippen LogP) is 2.14. The highest BCUT2D eigenvalue weighted by Gasteiger charge is 2.19. The molecule has 0 aliphatic carbocycles. The third-order valence-electron chi connectivity index (χ3n) is 3.73. The summed E-state index contributed by atoms with van der Waals surface area (Å²) < 4.78 is 5.11. The Balaban J connectivity index is 1.47. The van der Waals surface area contributed by atoms with Gasteiger partial charge < -0.3 is 14.7 Å². The van der Waals surface area contributed by atoms with Crippen LogP contribution in [0.3, 0.4) is 0 Å². The van der Waals surface area contributed by atoms with Crippen molar-refractivity contribution in [2.75, 3.05) is 18.0 Å². The monoisotopic (exact) mass is 272 g/mol. The van der Waals surface area contributed by atoms with Crippen LogP contribution in [0.25, 0.3) is 0 Å². The van der Waals surface area contributed by atoms with Crippen LogP contribution in [0.5, 0.6) is 0 Å². The second-order valence-corrected chi connectivity index (χ2v) is 5.21. The van der Waals surface area contributed by atoms with Crippen molar-refractivity contribution in [3.05, 3.63) is 42.0 Å². The Bertz CT molecular complexity index is 532. The zero-order valence-electron chi connectivity index (χ0n) is 11.7. The molecular weight excluding hydrogens is 252 g/mol. The summed E-state index contributed by atoms with van der Waals surface area (Å²) in [6, 6.07) is 11.1. The quantitative estimate of drug-likeness (QED) is 0.924. The van der Waals surface area contributed by atoms with Crippen LogP contribution in [0, 0.1) is 6.92 Å². The molecule has 0 amide bonds. The van der Waals surface area contributed by atoms with Crippen molar-refractivity contribution in [3.63, 3.8) is 0 Å². The second kappa shape index (κ2) is 6.05. The summed E-state index contributed by atoms with van der Waals surface area (Å²) in [6.07, 6.45) is 2.28. The zero-order valence-corrected chi connectivity index (χ0v) is 11.7. The van der Waals surface area contributed by atoms with Crippen molar-refractivity contribution in [1.82, 2.24) is 15.5 Å². The van der Waals surface area contributed by atoms with Crippen LogP contribution >= 0.6 is 0 Å². The summed E-state index contributed by atoms with van der Waals surface area (Å²) >= 11 is 0. The standard InChI is InChI=1S/C15H20N4O/c1-12-17-15(20-18-12)11-16-13-7-9-19(10-8-13)14-5-3-2-4-6-14/h2-6,13,16H,7-11H2,1H3. The number of aromatic nitrogens is 2. The SMILES string of the molecule is Cc1noc(CNC2CCN(c3ccccc3)CC2)n1. The molecule has 1 aliphatic heterocycles. The molecule has 0 bridgehead atoms. The number of rotatable bonds is 4. The Hall–Kier alpha value is -1.88. The van der Waals surface area contributed by atoms with Crippen molar-refractivity contribution >= 4 is 5.69 Å². The molecule has 106 valence electrons. The zero-order chi connectivity index (χ0) is 13.8. The van der Waals surface area contributed by atoms with Crippen molar-refractivity contribution < 1.29 is 4.52 Å². The molecule has 2 aromatic rings. The van der Waals surface area contributed by atoms with Crippen LogP contribution < -0.4 is 10.2 Å². The lowest BCUT2D eigenvalue weighted by Gasteiger charge is -2.33. The molecule has 0 unspecified atom stereocenters. The first-order valence-electron chi connectivity index (χ1n) is 7.14. The van der Waals surface area contributed by atoms with E-state index in [1.165, 1.54) is 5.69 Å². The van der Waals surface area contributed by atoms with Gasteiger partial charge in [0.05, 0.1) is 6.54 Å². The molecule has 1 aromatic heterocycles. The first kappa shape index (κ1) is 13.1. The van der Waals surface area contributed by atoms with Gasteiger partial charge in [0.1, 0.15) is 0 Å². The predicted molar refractivity (Wildman–Crippen MR) is 77.6 cm³/mol. The molecule has 5 heteroatoms. The molecule has 5 nitrogen and oxygen atoms in total. The maximum Gasteiger partial charge on any atom is 0.240 e. The number of para-hydroxylation sites is 1. The smallest absolute Gasteiger partial charge is 0.240 e. The molecule has 1 N–H and O–H groups in total. The largest absolute Gasteiger partial charge is 0.371 e. The van der Waals surface area contributed by atoms with Gasteiger partial charge in [0.15, 0.2) is 5.82 Å². The van der Waals surface area contributed by atoms with Gasteiger partial charge in [-0.25, -0.2) is 0 Å². The lowest BCUT2D eigenvalue weighted by Crippen LogP contribution is -2.42. The molecule has 0 radical (unpaired) electrons. The average molecular weight is 272 g/mol. The van der Waals surface area contributed by atoms with E-state index in [2.05, 4.69) is 50.7 Å². The Kier molecular flexibility index (Phi) is 3.97. The van der Waals surface area contributed by atoms with Crippen LogP contribution in [0.4, 0.5) is 5.69 Å². The van der Waals surface area contributed by atoms with Crippen molar-refractivity contribution in [2.45, 2.75) is 32.4 Å². The van der Waals surface area contributed by atoms with Gasteiger partial charge in [0.25, 0.3) is 0 Å². The van der Waals surface area contributed by atoms with Crippen molar-refractivity contribution in [2.24, 2.45) is 0 Å². The maximum absolute atomic E-state index is 5.11. The molecule has 0 saturated carbocycles. The minimum absolute atomic E-state index is 0.530. The minimum Gasteiger partial charge on any atom is -0.371 e. The Labute approximate surface area is 119 Å². The van der Waals surface area contributed by atoms with Gasteiger partial charge in [-0.1, -0.05) is 23.4 Å². The lowest BCUT2D eigenvalue weighted by atomic mass is 10.0. The lowest BCUT2D eigenvalue weighted by molar-refractivity contribution is 0.339. The topological polar surface area (TPSA) is 54.2 Å². The Morgan fingerprint density at radius 1 is 1.25 bits per heavy atom. The van der Waals surface area contributed by atoms with Gasteiger partial charge in [0.2, 0.25) is 5.89 Å². The van der Waals surface area contributed by atoms with Gasteiger partial charge in [-0.15, -0.1) is 0 Å². The summed E-state index contributed by atoms with van der Waals surface area (Å²) in [6.45, 7) is 4.68. The highest BCUT2D eigenvalue weighted by Crippen LogP contribution is 2.19. The highest BCUT2D eigenvalue weighted by atomic mass is 16.5. The Morgan fingerprint density at radius 2 is 2.00 bits per heavy atom. The van der Waals surface area contributed by atoms with E-state index >= 15 is 0 Å². The van der Waals surface area contributed by atoms with Crippen LogP contribution in [0.15, 0.2) is 34.9 Å². The molecule has 0 atom stereocenters. The number of benzene rings is 1. The second-order valence-electron chi connectivity index (χ2n) is 5.21. The third kappa shape index (κ3) is 3.17. The maximum atomic E-state index is 5.11. The molecule has 1 saturated heterocycles. The number of nitrogens with zero attached hydrogens (tertiary/aromatic N) is 3. The summed E-state index contributed by atoms with van der Waals surface area (Å²) in [7, 11) is 0. The van der Waals surface area contributed by atoms with Gasteiger partial charge >= 0.3 is 0 Å². The van der Waals surface area contributed by atoms with E-state index in [1.54, 1.807) is 0 Å². The Morgan fingerprint density at radius 3 is 2.65 bits per heavy atom. The highest BCUT2D eigenvalue weighted by molar-refractivity contribution is 5.46. The van der Waals surface area contributed by atoms with E-state index in [0.717, 1.165) is 25.9 Å². The van der Waals surface area contributed by atoms with Gasteiger partial charge in [-0.05, 0) is 31.9 Å². The fourth-order valence-corrected chi connectivity index (χ4v) is 2.62. The number of nitrogens with one attached hydrogen (secondary N) is 1. The van der Waals surface area contributed by atoms with Crippen LogP contribution in [-0.2, 0) is 6.54 Å². The summed E-state index contributed by atoms with van der Waals surface area (Å²) in [5.41, 5.74) is 1.32. The van der Waals surface area contributed by atoms with E-state index in [9.17, 15) is 0 Å². The average Bonchev–Trinajstić information content (AvgIpc) is 2.92. The molecule has 2 heterocycles. The molecule has 1 aromatic carbocycles. The van der Waals surface area contributed by atoms with Gasteiger partial charge in [-0.2, -0.15) is 4.98 Å². The van der Waals surface area contributed by atoms with E-state index in [0.29, 0.717) is 24.3 Å². The third-order valence-corrected chi connectivity index (χ3v) is 3.73. The fraction of sp³-hybridized carbons (Fsp3) is 0.467. The van der Waals surface area contributed by atoms with Crippen LogP contribution in [-0.4, -0.2) is 29.3 Å². The van der Waals surface area contributed by atoms with Crippen molar-refractivity contribution in [1.29, 1.82) is 0 Å². The normalized spacial score (nSPS) is 16.6. The van der Waals surface area contributed by atoms with E-state index in [4.69, 9.17) is 4.52 Å². The van der Waals surface area contributed by atoms with E-state index in [-0.39, 0.29) is 0 Å². The first-order chi connectivity index (χ1) is 9.81. The number of hydrogen-bond donors (Lipinski definition) is 1. The van der Waals surface area contributed by atoms with Gasteiger partial charge in [0, 0.05) is 24.8 Å². The number of anilines is 1. The van der Waals surface area contributed by atoms with E-state index in [1.807, 2.05) is 6.92 Å². The van der Waals surface area contributed by atoms with Crippen LogP contribution in [0.1, 0.15) is 24.6 Å². The molecule has 0 spiro atoms. The summed E-state index contributed by atoms with van der Waals surface area (Å²) in [5.74, 6) is 1.37. The first-order valence-corrected chi connectivity index (χ1v) is 7.14. The molecule has 20 heavy (non-hydrogen) atoms. The molecule has 1 aliphatic rings. The minimum atomic E-state index is 0.530. The van der Waals surface area contributed by atoms with Crippen LogP contribution in [0.2, 0.25) is 0 Å². The summed E-state index contributed by atoms with van der Waals surface area (Å²) in [5, 5.41) is 7.30. The summed E-state index contributed by atoms with van der Waals surface area (Å²) in [4.78, 5) is 6.65.